The number of nitrogens with one attached hydrogen (secondary N) is 1. The first-order chi connectivity index (χ1) is 12.5. The summed E-state index contributed by atoms with van der Waals surface area (Å²) in [6, 6.07) is 13.0. The molecule has 1 saturated heterocycles. The van der Waals surface area contributed by atoms with Crippen LogP contribution in [-0.4, -0.2) is 23.3 Å². The minimum absolute atomic E-state index is 0.0665. The molecular formula is C18H16ClN3O4. The molecule has 26 heavy (non-hydrogen) atoms. The predicted octanol–water partition coefficient (Wildman–Crippen LogP) is 2.92. The van der Waals surface area contributed by atoms with E-state index in [1.165, 1.54) is 23.1 Å². The van der Waals surface area contributed by atoms with Gasteiger partial charge in [-0.2, -0.15) is 0 Å². The predicted molar refractivity (Wildman–Crippen MR) is 96.9 cm³/mol. The van der Waals surface area contributed by atoms with Gasteiger partial charge in [-0.15, -0.1) is 0 Å². The first kappa shape index (κ1) is 17.9. The van der Waals surface area contributed by atoms with Gasteiger partial charge in [0.15, 0.2) is 0 Å². The lowest BCUT2D eigenvalue weighted by atomic mass is 10.1. The van der Waals surface area contributed by atoms with Crippen LogP contribution >= 0.6 is 11.6 Å². The van der Waals surface area contributed by atoms with Crippen molar-refractivity contribution >= 4 is 34.8 Å². The molecule has 0 saturated carbocycles. The number of rotatable bonds is 5. The molecule has 8 heteroatoms. The molecule has 1 fully saturated rings. The molecule has 0 aliphatic carbocycles. The summed E-state index contributed by atoms with van der Waals surface area (Å²) in [6.07, 6.45) is 0.0665. The fourth-order valence-electron chi connectivity index (χ4n) is 2.88. The van der Waals surface area contributed by atoms with Crippen LogP contribution in [0.4, 0.5) is 11.4 Å². The average molecular weight is 374 g/mol. The molecular weight excluding hydrogens is 358 g/mol. The van der Waals surface area contributed by atoms with Crippen LogP contribution in [0.1, 0.15) is 12.0 Å². The Morgan fingerprint density at radius 3 is 2.77 bits per heavy atom. The molecule has 134 valence electrons. The fraction of sp³-hybridized carbons (Fsp3) is 0.222. The van der Waals surface area contributed by atoms with E-state index < -0.39 is 10.8 Å². The summed E-state index contributed by atoms with van der Waals surface area (Å²) in [5, 5.41) is 14.3. The molecule has 1 aliphatic heterocycles. The Bertz CT molecular complexity index is 871. The van der Waals surface area contributed by atoms with E-state index in [2.05, 4.69) is 5.32 Å². The first-order valence-corrected chi connectivity index (χ1v) is 8.39. The van der Waals surface area contributed by atoms with Gasteiger partial charge < -0.3 is 10.2 Å². The number of non-ortho nitro benzene ring substituents is 1. The quantitative estimate of drug-likeness (QED) is 0.644. The molecule has 2 aromatic carbocycles. The number of anilines is 1. The number of hydrogen-bond acceptors (Lipinski definition) is 4. The van der Waals surface area contributed by atoms with Gasteiger partial charge in [-0.3, -0.25) is 19.7 Å². The number of halogens is 1. The van der Waals surface area contributed by atoms with Crippen molar-refractivity contribution in [1.82, 2.24) is 5.32 Å². The Hall–Kier alpha value is -2.93. The van der Waals surface area contributed by atoms with Crippen LogP contribution in [0.2, 0.25) is 5.02 Å². The zero-order chi connectivity index (χ0) is 18.7. The molecule has 1 N–H and O–H groups in total. The van der Waals surface area contributed by atoms with Gasteiger partial charge in [0.2, 0.25) is 11.8 Å². The van der Waals surface area contributed by atoms with E-state index in [0.29, 0.717) is 10.7 Å². The maximum Gasteiger partial charge on any atom is 0.271 e. The molecule has 0 radical (unpaired) electrons. The molecule has 2 aromatic rings. The van der Waals surface area contributed by atoms with Crippen molar-refractivity contribution in [3.63, 3.8) is 0 Å². The van der Waals surface area contributed by atoms with Crippen LogP contribution in [0, 0.1) is 16.0 Å². The van der Waals surface area contributed by atoms with Crippen LogP contribution in [-0.2, 0) is 16.1 Å². The molecule has 1 aliphatic rings. The second kappa shape index (κ2) is 7.53. The van der Waals surface area contributed by atoms with Gasteiger partial charge in [-0.25, -0.2) is 0 Å². The summed E-state index contributed by atoms with van der Waals surface area (Å²) in [5.41, 5.74) is 1.12. The van der Waals surface area contributed by atoms with E-state index in [4.69, 9.17) is 11.6 Å². The molecule has 3 rings (SSSR count). The number of amides is 2. The normalized spacial score (nSPS) is 16.6. The number of hydrogen-bond donors (Lipinski definition) is 1. The van der Waals surface area contributed by atoms with Gasteiger partial charge >= 0.3 is 0 Å². The number of carbonyl (C=O) groups excluding carboxylic acids is 2. The molecule has 0 aromatic heterocycles. The monoisotopic (exact) mass is 373 g/mol. The van der Waals surface area contributed by atoms with E-state index >= 15 is 0 Å². The Morgan fingerprint density at radius 2 is 2.04 bits per heavy atom. The van der Waals surface area contributed by atoms with E-state index in [1.54, 1.807) is 18.2 Å². The topological polar surface area (TPSA) is 92.6 Å². The zero-order valence-electron chi connectivity index (χ0n) is 13.7. The van der Waals surface area contributed by atoms with Gasteiger partial charge in [0.1, 0.15) is 0 Å². The third kappa shape index (κ3) is 3.83. The highest BCUT2D eigenvalue weighted by molar-refractivity contribution is 6.31. The molecule has 1 atom stereocenters. The maximum absolute atomic E-state index is 12.4. The van der Waals surface area contributed by atoms with Crippen molar-refractivity contribution in [2.24, 2.45) is 5.92 Å². The van der Waals surface area contributed by atoms with E-state index in [1.807, 2.05) is 12.1 Å². The summed E-state index contributed by atoms with van der Waals surface area (Å²) >= 11 is 6.07. The van der Waals surface area contributed by atoms with Crippen LogP contribution in [0.15, 0.2) is 48.5 Å². The molecule has 1 heterocycles. The lowest BCUT2D eigenvalue weighted by Gasteiger charge is -2.16. The Morgan fingerprint density at radius 1 is 1.27 bits per heavy atom. The Labute approximate surface area is 154 Å². The van der Waals surface area contributed by atoms with Gasteiger partial charge in [0.05, 0.1) is 16.5 Å². The summed E-state index contributed by atoms with van der Waals surface area (Å²) in [7, 11) is 0. The van der Waals surface area contributed by atoms with Crippen molar-refractivity contribution in [3.05, 3.63) is 69.2 Å². The van der Waals surface area contributed by atoms with E-state index in [-0.39, 0.29) is 37.0 Å². The first-order valence-electron chi connectivity index (χ1n) is 8.01. The minimum atomic E-state index is -0.516. The standard InChI is InChI=1S/C18H16ClN3O4/c19-16-7-2-1-4-12(16)10-20-18(24)13-8-17(23)21(11-13)14-5-3-6-15(9-14)22(25)26/h1-7,9,13H,8,10-11H2,(H,20,24)/t13-/m0/s1. The van der Waals surface area contributed by atoms with Crippen molar-refractivity contribution in [2.45, 2.75) is 13.0 Å². The van der Waals surface area contributed by atoms with Crippen molar-refractivity contribution in [1.29, 1.82) is 0 Å². The van der Waals surface area contributed by atoms with Gasteiger partial charge in [0.25, 0.3) is 5.69 Å². The highest BCUT2D eigenvalue weighted by atomic mass is 35.5. The number of nitro benzene ring substituents is 1. The van der Waals surface area contributed by atoms with Crippen LogP contribution in [0.5, 0.6) is 0 Å². The second-order valence-corrected chi connectivity index (χ2v) is 6.40. The number of nitro groups is 1. The van der Waals surface area contributed by atoms with E-state index in [9.17, 15) is 19.7 Å². The Kier molecular flexibility index (Phi) is 5.18. The largest absolute Gasteiger partial charge is 0.352 e. The zero-order valence-corrected chi connectivity index (χ0v) is 14.5. The summed E-state index contributed by atoms with van der Waals surface area (Å²) in [5.74, 6) is -0.987. The smallest absolute Gasteiger partial charge is 0.271 e. The van der Waals surface area contributed by atoms with E-state index in [0.717, 1.165) is 5.56 Å². The van der Waals surface area contributed by atoms with Crippen molar-refractivity contribution < 1.29 is 14.5 Å². The molecule has 0 unspecified atom stereocenters. The SMILES string of the molecule is O=C(NCc1ccccc1Cl)[C@H]1CC(=O)N(c2cccc([N+](=O)[O-])c2)C1. The molecule has 7 nitrogen and oxygen atoms in total. The van der Waals surface area contributed by atoms with Gasteiger partial charge in [-0.05, 0) is 17.7 Å². The minimum Gasteiger partial charge on any atom is -0.352 e. The summed E-state index contributed by atoms with van der Waals surface area (Å²) < 4.78 is 0. The second-order valence-electron chi connectivity index (χ2n) is 5.99. The number of nitrogens with zero attached hydrogens (tertiary/aromatic N) is 2. The van der Waals surface area contributed by atoms with Gasteiger partial charge in [-0.1, -0.05) is 35.9 Å². The highest BCUT2D eigenvalue weighted by Gasteiger charge is 2.35. The van der Waals surface area contributed by atoms with Crippen molar-refractivity contribution in [3.8, 4) is 0 Å². The molecule has 2 amide bonds. The Balaban J connectivity index is 1.65. The number of benzene rings is 2. The lowest BCUT2D eigenvalue weighted by molar-refractivity contribution is -0.384. The summed E-state index contributed by atoms with van der Waals surface area (Å²) in [6.45, 7) is 0.467. The fourth-order valence-corrected chi connectivity index (χ4v) is 3.08. The lowest BCUT2D eigenvalue weighted by Crippen LogP contribution is -2.32. The summed E-state index contributed by atoms with van der Waals surface area (Å²) in [4.78, 5) is 36.4. The molecule has 0 bridgehead atoms. The third-order valence-corrected chi connectivity index (χ3v) is 4.63. The molecule has 0 spiro atoms. The van der Waals surface area contributed by atoms with Crippen LogP contribution in [0.25, 0.3) is 0 Å². The number of carbonyl (C=O) groups is 2. The maximum atomic E-state index is 12.4. The third-order valence-electron chi connectivity index (χ3n) is 4.26. The van der Waals surface area contributed by atoms with Gasteiger partial charge in [0, 0.05) is 36.7 Å². The van der Waals surface area contributed by atoms with Crippen molar-refractivity contribution in [2.75, 3.05) is 11.4 Å². The average Bonchev–Trinajstić information content (AvgIpc) is 3.03. The highest BCUT2D eigenvalue weighted by Crippen LogP contribution is 2.28. The van der Waals surface area contributed by atoms with Crippen LogP contribution in [0.3, 0.4) is 0 Å². The van der Waals surface area contributed by atoms with Crippen LogP contribution < -0.4 is 10.2 Å².